The zero-order valence-electron chi connectivity index (χ0n) is 21.7. The second-order valence-electron chi connectivity index (χ2n) is 10.2. The van der Waals surface area contributed by atoms with Crippen LogP contribution in [0.5, 0.6) is 0 Å². The normalized spacial score (nSPS) is 15.0. The molecular weight excluding hydrogens is 434 g/mol. The first-order chi connectivity index (χ1) is 16.9. The van der Waals surface area contributed by atoms with Gasteiger partial charge in [0.2, 0.25) is 5.91 Å². The summed E-state index contributed by atoms with van der Waals surface area (Å²) >= 11 is 0. The standard InChI is InChI=1S/C30H39N3O2/c1-5-6-7-12-19-32(29(34)24-13-8-9-14-24)23(4)28-31-26-16-11-10-15-25(26)30(35)33(28)27-20-21(2)17-18-22(27)3/h10-11,15-18,20,23-24H,5-9,12-14,19H2,1-4H3. The third kappa shape index (κ3) is 5.34. The van der Waals surface area contributed by atoms with Crippen LogP contribution in [0.1, 0.15) is 88.2 Å². The minimum Gasteiger partial charge on any atom is -0.333 e. The molecule has 186 valence electrons. The van der Waals surface area contributed by atoms with Crippen LogP contribution >= 0.6 is 0 Å². The number of aryl methyl sites for hydroxylation is 2. The van der Waals surface area contributed by atoms with Gasteiger partial charge in [0, 0.05) is 12.5 Å². The Bertz CT molecular complexity index is 1240. The number of rotatable bonds is 9. The fraction of sp³-hybridized carbons (Fsp3) is 0.500. The zero-order valence-corrected chi connectivity index (χ0v) is 21.7. The molecule has 0 spiro atoms. The lowest BCUT2D eigenvalue weighted by Crippen LogP contribution is -2.40. The largest absolute Gasteiger partial charge is 0.333 e. The van der Waals surface area contributed by atoms with E-state index in [4.69, 9.17) is 4.98 Å². The Hall–Kier alpha value is -2.95. The maximum Gasteiger partial charge on any atom is 0.266 e. The smallest absolute Gasteiger partial charge is 0.266 e. The van der Waals surface area contributed by atoms with Crippen molar-refractivity contribution in [3.63, 3.8) is 0 Å². The fourth-order valence-corrected chi connectivity index (χ4v) is 5.37. The number of carbonyl (C=O) groups is 1. The van der Waals surface area contributed by atoms with E-state index >= 15 is 0 Å². The number of para-hydroxylation sites is 1. The number of nitrogens with zero attached hydrogens (tertiary/aromatic N) is 3. The summed E-state index contributed by atoms with van der Waals surface area (Å²) in [5.41, 5.74) is 3.54. The first-order valence-corrected chi connectivity index (χ1v) is 13.3. The number of hydrogen-bond donors (Lipinski definition) is 0. The number of hydrogen-bond acceptors (Lipinski definition) is 3. The summed E-state index contributed by atoms with van der Waals surface area (Å²) in [6.45, 7) is 9.01. The molecule has 1 unspecified atom stereocenters. The highest BCUT2D eigenvalue weighted by molar-refractivity contribution is 5.80. The predicted molar refractivity (Wildman–Crippen MR) is 143 cm³/mol. The lowest BCUT2D eigenvalue weighted by Gasteiger charge is -2.33. The molecule has 3 aromatic rings. The Morgan fingerprint density at radius 3 is 2.57 bits per heavy atom. The highest BCUT2D eigenvalue weighted by Crippen LogP contribution is 2.31. The monoisotopic (exact) mass is 473 g/mol. The van der Waals surface area contributed by atoms with Crippen molar-refractivity contribution in [2.75, 3.05) is 6.54 Å². The van der Waals surface area contributed by atoms with Crippen molar-refractivity contribution in [1.29, 1.82) is 0 Å². The molecule has 1 fully saturated rings. The van der Waals surface area contributed by atoms with E-state index in [2.05, 4.69) is 13.0 Å². The number of amides is 1. The number of fused-ring (bicyclic) bond motifs is 1. The molecule has 1 amide bonds. The summed E-state index contributed by atoms with van der Waals surface area (Å²) in [6, 6.07) is 13.4. The molecule has 0 saturated heterocycles. The van der Waals surface area contributed by atoms with Crippen LogP contribution in [0.2, 0.25) is 0 Å². The summed E-state index contributed by atoms with van der Waals surface area (Å²) < 4.78 is 1.76. The molecule has 1 aliphatic rings. The Morgan fingerprint density at radius 1 is 1.09 bits per heavy atom. The van der Waals surface area contributed by atoms with Crippen molar-refractivity contribution in [2.45, 2.75) is 85.1 Å². The number of carbonyl (C=O) groups excluding carboxylic acids is 1. The van der Waals surface area contributed by atoms with Crippen LogP contribution in [-0.2, 0) is 4.79 Å². The van der Waals surface area contributed by atoms with Crippen LogP contribution in [0, 0.1) is 19.8 Å². The van der Waals surface area contributed by atoms with Crippen molar-refractivity contribution in [1.82, 2.24) is 14.5 Å². The molecule has 0 N–H and O–H groups in total. The maximum atomic E-state index is 13.9. The number of unbranched alkanes of at least 4 members (excludes halogenated alkanes) is 3. The quantitative estimate of drug-likeness (QED) is 0.326. The van der Waals surface area contributed by atoms with Crippen molar-refractivity contribution >= 4 is 16.8 Å². The molecule has 0 aliphatic heterocycles. The molecule has 5 nitrogen and oxygen atoms in total. The first-order valence-electron chi connectivity index (χ1n) is 13.3. The predicted octanol–water partition coefficient (Wildman–Crippen LogP) is 6.66. The Labute approximate surface area is 209 Å². The van der Waals surface area contributed by atoms with E-state index in [-0.39, 0.29) is 23.4 Å². The minimum absolute atomic E-state index is 0.0783. The molecule has 35 heavy (non-hydrogen) atoms. The first kappa shape index (κ1) is 25.2. The number of benzene rings is 2. The van der Waals surface area contributed by atoms with E-state index in [1.807, 2.05) is 62.1 Å². The second kappa shape index (κ2) is 11.2. The minimum atomic E-state index is -0.304. The van der Waals surface area contributed by atoms with Crippen LogP contribution in [0.25, 0.3) is 16.6 Å². The van der Waals surface area contributed by atoms with Gasteiger partial charge in [0.15, 0.2) is 0 Å². The molecule has 1 aliphatic carbocycles. The van der Waals surface area contributed by atoms with Gasteiger partial charge in [-0.15, -0.1) is 0 Å². The van der Waals surface area contributed by atoms with Gasteiger partial charge in [-0.2, -0.15) is 0 Å². The van der Waals surface area contributed by atoms with Gasteiger partial charge in [-0.1, -0.05) is 63.3 Å². The van der Waals surface area contributed by atoms with E-state index in [0.29, 0.717) is 23.3 Å². The van der Waals surface area contributed by atoms with Crippen molar-refractivity contribution in [3.05, 3.63) is 69.8 Å². The number of aromatic nitrogens is 2. The molecule has 0 radical (unpaired) electrons. The van der Waals surface area contributed by atoms with Crippen LogP contribution in [-0.4, -0.2) is 26.9 Å². The fourth-order valence-electron chi connectivity index (χ4n) is 5.37. The maximum absolute atomic E-state index is 13.9. The van der Waals surface area contributed by atoms with Crippen molar-refractivity contribution in [2.24, 2.45) is 5.92 Å². The van der Waals surface area contributed by atoms with Crippen LogP contribution in [0.3, 0.4) is 0 Å². The molecule has 0 bridgehead atoms. The summed E-state index contributed by atoms with van der Waals surface area (Å²) in [5.74, 6) is 0.954. The van der Waals surface area contributed by atoms with Gasteiger partial charge >= 0.3 is 0 Å². The van der Waals surface area contributed by atoms with E-state index in [1.165, 1.54) is 6.42 Å². The molecular formula is C30H39N3O2. The summed E-state index contributed by atoms with van der Waals surface area (Å²) in [4.78, 5) is 34.7. The lowest BCUT2D eigenvalue weighted by atomic mass is 10.0. The molecule has 1 aromatic heterocycles. The van der Waals surface area contributed by atoms with E-state index in [0.717, 1.165) is 61.8 Å². The van der Waals surface area contributed by atoms with Crippen molar-refractivity contribution in [3.8, 4) is 5.69 Å². The van der Waals surface area contributed by atoms with Gasteiger partial charge in [0.05, 0.1) is 22.6 Å². The highest BCUT2D eigenvalue weighted by Gasteiger charge is 2.32. The van der Waals surface area contributed by atoms with Crippen LogP contribution in [0.4, 0.5) is 0 Å². The Balaban J connectivity index is 1.85. The van der Waals surface area contributed by atoms with Gasteiger partial charge in [0.25, 0.3) is 5.56 Å². The van der Waals surface area contributed by atoms with E-state index in [1.54, 1.807) is 4.57 Å². The lowest BCUT2D eigenvalue weighted by molar-refractivity contribution is -0.137. The highest BCUT2D eigenvalue weighted by atomic mass is 16.2. The third-order valence-corrected chi connectivity index (χ3v) is 7.49. The average molecular weight is 474 g/mol. The van der Waals surface area contributed by atoms with Crippen molar-refractivity contribution < 1.29 is 4.79 Å². The van der Waals surface area contributed by atoms with Gasteiger partial charge in [-0.05, 0) is 69.4 Å². The average Bonchev–Trinajstić information content (AvgIpc) is 3.40. The van der Waals surface area contributed by atoms with E-state index in [9.17, 15) is 9.59 Å². The Kier molecular flexibility index (Phi) is 8.04. The Morgan fingerprint density at radius 2 is 1.83 bits per heavy atom. The molecule has 2 aromatic carbocycles. The topological polar surface area (TPSA) is 55.2 Å². The summed E-state index contributed by atoms with van der Waals surface area (Å²) in [7, 11) is 0. The van der Waals surface area contributed by atoms with E-state index < -0.39 is 0 Å². The molecule has 1 saturated carbocycles. The summed E-state index contributed by atoms with van der Waals surface area (Å²) in [6.07, 6.45) is 8.57. The zero-order chi connectivity index (χ0) is 24.9. The third-order valence-electron chi connectivity index (χ3n) is 7.49. The van der Waals surface area contributed by atoms with Gasteiger partial charge in [0.1, 0.15) is 5.82 Å². The van der Waals surface area contributed by atoms with Gasteiger partial charge < -0.3 is 4.90 Å². The van der Waals surface area contributed by atoms with Gasteiger partial charge in [-0.3, -0.25) is 14.2 Å². The second-order valence-corrected chi connectivity index (χ2v) is 10.2. The molecule has 1 heterocycles. The SMILES string of the molecule is CCCCCCN(C(=O)C1CCCC1)C(C)c1nc2ccccc2c(=O)n1-c1cc(C)ccc1C. The van der Waals surface area contributed by atoms with Crippen LogP contribution < -0.4 is 5.56 Å². The molecule has 1 atom stereocenters. The molecule has 4 rings (SSSR count). The summed E-state index contributed by atoms with van der Waals surface area (Å²) in [5, 5.41) is 0.598. The van der Waals surface area contributed by atoms with Gasteiger partial charge in [-0.25, -0.2) is 4.98 Å². The molecule has 5 heteroatoms. The van der Waals surface area contributed by atoms with Crippen LogP contribution in [0.15, 0.2) is 47.3 Å².